The maximum absolute atomic E-state index is 11.5. The number of imidazole rings is 1. The minimum atomic E-state index is -0.472. The smallest absolute Gasteiger partial charge is 0.248 e. The molecule has 2 N–H and O–H groups in total. The number of ether oxygens (including phenoxy) is 2. The average molecular weight is 438 g/mol. The van der Waals surface area contributed by atoms with Gasteiger partial charge < -0.3 is 19.8 Å². The van der Waals surface area contributed by atoms with E-state index >= 15 is 0 Å². The fourth-order valence-corrected chi connectivity index (χ4v) is 3.88. The van der Waals surface area contributed by atoms with Crippen LogP contribution in [0.4, 0.5) is 0 Å². The van der Waals surface area contributed by atoms with E-state index in [1.54, 1.807) is 30.9 Å². The van der Waals surface area contributed by atoms with Crippen LogP contribution in [0.1, 0.15) is 28.9 Å². The first-order chi connectivity index (χ1) is 16.1. The zero-order valence-electron chi connectivity index (χ0n) is 18.1. The molecule has 0 bridgehead atoms. The van der Waals surface area contributed by atoms with Gasteiger partial charge in [0.25, 0.3) is 0 Å². The summed E-state index contributed by atoms with van der Waals surface area (Å²) < 4.78 is 13.9. The zero-order chi connectivity index (χ0) is 22.8. The van der Waals surface area contributed by atoms with E-state index in [9.17, 15) is 4.79 Å². The third-order valence-electron chi connectivity index (χ3n) is 5.56. The molecule has 0 spiro atoms. The lowest BCUT2D eigenvalue weighted by molar-refractivity contribution is 0.100. The van der Waals surface area contributed by atoms with Crippen molar-refractivity contribution in [1.82, 2.24) is 14.5 Å². The third-order valence-corrected chi connectivity index (χ3v) is 5.56. The highest BCUT2D eigenvalue weighted by atomic mass is 16.5. The van der Waals surface area contributed by atoms with Crippen LogP contribution in [0.15, 0.2) is 90.7 Å². The van der Waals surface area contributed by atoms with Gasteiger partial charge in [0, 0.05) is 24.4 Å². The van der Waals surface area contributed by atoms with Gasteiger partial charge in [0.05, 0.1) is 5.69 Å². The Hall–Kier alpha value is -4.39. The zero-order valence-corrected chi connectivity index (χ0v) is 18.1. The van der Waals surface area contributed by atoms with E-state index < -0.39 is 5.91 Å². The van der Waals surface area contributed by atoms with E-state index in [1.165, 1.54) is 0 Å². The molecule has 0 fully saturated rings. The van der Waals surface area contributed by atoms with E-state index in [0.717, 1.165) is 29.7 Å². The maximum atomic E-state index is 11.5. The van der Waals surface area contributed by atoms with E-state index in [0.29, 0.717) is 34.3 Å². The van der Waals surface area contributed by atoms with Crippen molar-refractivity contribution < 1.29 is 14.3 Å². The molecule has 2 aliphatic rings. The van der Waals surface area contributed by atoms with Gasteiger partial charge in [-0.15, -0.1) is 0 Å². The Kier molecular flexibility index (Phi) is 5.36. The standard InChI is InChI=1S/C26H22N4O3/c1-30-24(22-16-32-15-21(33-22)17-7-3-2-4-8-17)23(20-9-5-6-14-28-20)29-26(30)19-12-10-18(11-13-19)25(27)31/h2-3,5-7,9-16H,4,8H2,1H3,(H2,27,31). The van der Waals surface area contributed by atoms with Crippen molar-refractivity contribution in [2.45, 2.75) is 12.8 Å². The van der Waals surface area contributed by atoms with Crippen molar-refractivity contribution in [2.24, 2.45) is 12.8 Å². The lowest BCUT2D eigenvalue weighted by Gasteiger charge is -2.20. The summed E-state index contributed by atoms with van der Waals surface area (Å²) in [5.74, 6) is 1.44. The summed E-state index contributed by atoms with van der Waals surface area (Å²) in [6, 6.07) is 12.7. The van der Waals surface area contributed by atoms with Crippen LogP contribution in [-0.4, -0.2) is 20.4 Å². The van der Waals surface area contributed by atoms with Crippen molar-refractivity contribution in [3.63, 3.8) is 0 Å². The van der Waals surface area contributed by atoms with Crippen LogP contribution in [0.25, 0.3) is 28.5 Å². The van der Waals surface area contributed by atoms with Crippen LogP contribution in [0.2, 0.25) is 0 Å². The molecule has 1 aliphatic heterocycles. The summed E-state index contributed by atoms with van der Waals surface area (Å²) in [4.78, 5) is 20.9. The lowest BCUT2D eigenvalue weighted by Crippen LogP contribution is -2.10. The number of pyridine rings is 1. The van der Waals surface area contributed by atoms with Gasteiger partial charge >= 0.3 is 0 Å². The fraction of sp³-hybridized carbons (Fsp3) is 0.115. The summed E-state index contributed by atoms with van der Waals surface area (Å²) in [6.45, 7) is 0. The van der Waals surface area contributed by atoms with Gasteiger partial charge in [-0.1, -0.05) is 36.4 Å². The summed E-state index contributed by atoms with van der Waals surface area (Å²) >= 11 is 0. The van der Waals surface area contributed by atoms with Gasteiger partial charge in [-0.3, -0.25) is 9.78 Å². The molecule has 1 aromatic carbocycles. The van der Waals surface area contributed by atoms with Crippen molar-refractivity contribution in [2.75, 3.05) is 0 Å². The van der Waals surface area contributed by atoms with Crippen molar-refractivity contribution in [3.05, 3.63) is 102 Å². The molecule has 33 heavy (non-hydrogen) atoms. The Morgan fingerprint density at radius 2 is 1.91 bits per heavy atom. The predicted octanol–water partition coefficient (Wildman–Crippen LogP) is 4.71. The van der Waals surface area contributed by atoms with E-state index in [2.05, 4.69) is 11.1 Å². The monoisotopic (exact) mass is 438 g/mol. The Labute approximate surface area is 191 Å². The number of benzene rings is 1. The van der Waals surface area contributed by atoms with Crippen LogP contribution in [0, 0.1) is 0 Å². The second-order valence-electron chi connectivity index (χ2n) is 7.71. The first-order valence-corrected chi connectivity index (χ1v) is 10.6. The topological polar surface area (TPSA) is 92.3 Å². The summed E-state index contributed by atoms with van der Waals surface area (Å²) in [5, 5.41) is 0. The van der Waals surface area contributed by atoms with Crippen molar-refractivity contribution in [3.8, 4) is 22.8 Å². The molecule has 164 valence electrons. The van der Waals surface area contributed by atoms with Crippen LogP contribution >= 0.6 is 0 Å². The molecule has 1 aliphatic carbocycles. The number of hydrogen-bond acceptors (Lipinski definition) is 5. The Morgan fingerprint density at radius 3 is 2.61 bits per heavy atom. The number of primary amides is 1. The molecule has 0 saturated carbocycles. The number of nitrogens with zero attached hydrogens (tertiary/aromatic N) is 3. The number of amides is 1. The molecule has 0 saturated heterocycles. The molecule has 1 amide bonds. The van der Waals surface area contributed by atoms with Crippen LogP contribution in [0.5, 0.6) is 0 Å². The van der Waals surface area contributed by atoms with Gasteiger partial charge in [-0.25, -0.2) is 4.98 Å². The lowest BCUT2D eigenvalue weighted by atomic mass is 10.0. The molecule has 7 nitrogen and oxygen atoms in total. The molecular formula is C26H22N4O3. The largest absolute Gasteiger partial charge is 0.465 e. The van der Waals surface area contributed by atoms with E-state index in [4.69, 9.17) is 20.2 Å². The van der Waals surface area contributed by atoms with Gasteiger partial charge in [0.2, 0.25) is 5.91 Å². The van der Waals surface area contributed by atoms with Gasteiger partial charge in [-0.2, -0.15) is 0 Å². The fourth-order valence-electron chi connectivity index (χ4n) is 3.88. The summed E-state index contributed by atoms with van der Waals surface area (Å²) in [7, 11) is 1.91. The second-order valence-corrected chi connectivity index (χ2v) is 7.71. The molecule has 3 aromatic rings. The highest BCUT2D eigenvalue weighted by Crippen LogP contribution is 2.36. The number of hydrogen-bond donors (Lipinski definition) is 1. The number of carbonyl (C=O) groups is 1. The van der Waals surface area contributed by atoms with Crippen LogP contribution in [0.3, 0.4) is 0 Å². The quantitative estimate of drug-likeness (QED) is 0.623. The molecule has 7 heteroatoms. The summed E-state index contributed by atoms with van der Waals surface area (Å²) in [5.41, 5.74) is 9.85. The molecule has 3 heterocycles. The van der Waals surface area contributed by atoms with Crippen molar-refractivity contribution in [1.29, 1.82) is 0 Å². The number of rotatable bonds is 5. The highest BCUT2D eigenvalue weighted by Gasteiger charge is 2.26. The van der Waals surface area contributed by atoms with Crippen LogP contribution in [-0.2, 0) is 16.5 Å². The highest BCUT2D eigenvalue weighted by molar-refractivity contribution is 5.93. The minimum absolute atomic E-state index is 0.439. The maximum Gasteiger partial charge on any atom is 0.248 e. The SMILES string of the molecule is Cn1c(-c2ccc(C(N)=O)cc2)nc(-c2ccccn2)c1C1=COC=C(C2=CC=CCC2)O1. The third kappa shape index (κ3) is 3.96. The van der Waals surface area contributed by atoms with E-state index in [1.807, 2.05) is 54.1 Å². The summed E-state index contributed by atoms with van der Waals surface area (Å²) in [6.07, 6.45) is 13.0. The minimum Gasteiger partial charge on any atom is -0.465 e. The molecule has 0 unspecified atom stereocenters. The number of carbonyl (C=O) groups excluding carboxylic acids is 1. The second kappa shape index (κ2) is 8.63. The number of nitrogens with two attached hydrogens (primary N) is 1. The molecular weight excluding hydrogens is 416 g/mol. The first kappa shape index (κ1) is 20.5. The normalized spacial score (nSPS) is 15.1. The van der Waals surface area contributed by atoms with Gasteiger partial charge in [0.15, 0.2) is 11.5 Å². The molecule has 5 rings (SSSR count). The number of allylic oxidation sites excluding steroid dienone is 4. The van der Waals surface area contributed by atoms with Crippen molar-refractivity contribution >= 4 is 11.7 Å². The van der Waals surface area contributed by atoms with Gasteiger partial charge in [0.1, 0.15) is 29.7 Å². The van der Waals surface area contributed by atoms with Gasteiger partial charge in [-0.05, 0) is 42.7 Å². The Balaban J connectivity index is 1.59. The average Bonchev–Trinajstić information content (AvgIpc) is 3.22. The predicted molar refractivity (Wildman–Crippen MR) is 125 cm³/mol. The Bertz CT molecular complexity index is 1330. The van der Waals surface area contributed by atoms with E-state index in [-0.39, 0.29) is 0 Å². The molecule has 2 aromatic heterocycles. The Morgan fingerprint density at radius 1 is 1.09 bits per heavy atom. The molecule has 0 atom stereocenters. The van der Waals surface area contributed by atoms with Crippen LogP contribution < -0.4 is 5.73 Å². The number of aromatic nitrogens is 3. The molecule has 0 radical (unpaired) electrons. The first-order valence-electron chi connectivity index (χ1n) is 10.6.